The normalized spacial score (nSPS) is 13.4. The summed E-state index contributed by atoms with van der Waals surface area (Å²) in [5.41, 5.74) is 13.1. The third-order valence-electron chi connectivity index (χ3n) is 3.58. The highest BCUT2D eigenvalue weighted by molar-refractivity contribution is 5.73. The molecule has 0 unspecified atom stereocenters. The summed E-state index contributed by atoms with van der Waals surface area (Å²) in [6, 6.07) is 12.7. The van der Waals surface area contributed by atoms with Crippen molar-refractivity contribution in [1.29, 1.82) is 0 Å². The molecule has 0 aliphatic heterocycles. The molecule has 0 saturated heterocycles. The topological polar surface area (TPSA) is 38.0 Å². The van der Waals surface area contributed by atoms with Crippen LogP contribution in [0.4, 0.5) is 17.1 Å². The minimum atomic E-state index is 0.801. The molecule has 0 saturated carbocycles. The molecule has 0 fully saturated rings. The van der Waals surface area contributed by atoms with Crippen LogP contribution in [0.3, 0.4) is 0 Å². The van der Waals surface area contributed by atoms with Crippen molar-refractivity contribution in [3.05, 3.63) is 53.1 Å². The molecule has 0 spiro atoms. The lowest BCUT2D eigenvalue weighted by atomic mass is 10.1. The van der Waals surface area contributed by atoms with E-state index in [1.54, 1.807) is 0 Å². The number of hydrogen-bond donors (Lipinski definition) is 2. The largest absolute Gasteiger partial charge is 0.397 e. The van der Waals surface area contributed by atoms with Gasteiger partial charge in [0, 0.05) is 5.69 Å². The Balaban J connectivity index is 1.88. The van der Waals surface area contributed by atoms with Gasteiger partial charge in [0.25, 0.3) is 0 Å². The molecule has 0 aromatic heterocycles. The molecule has 92 valence electrons. The maximum absolute atomic E-state index is 6.02. The Morgan fingerprint density at radius 3 is 2.67 bits per heavy atom. The Morgan fingerprint density at radius 1 is 1.00 bits per heavy atom. The monoisotopic (exact) mass is 238 g/mol. The fourth-order valence-corrected chi connectivity index (χ4v) is 2.60. The molecule has 3 rings (SSSR count). The quantitative estimate of drug-likeness (QED) is 0.781. The van der Waals surface area contributed by atoms with Crippen molar-refractivity contribution >= 4 is 17.1 Å². The van der Waals surface area contributed by atoms with Gasteiger partial charge in [-0.3, -0.25) is 0 Å². The Labute approximate surface area is 108 Å². The molecule has 0 amide bonds. The predicted molar refractivity (Wildman–Crippen MR) is 77.3 cm³/mol. The number of nitrogen functional groups attached to an aromatic ring is 1. The number of fused-ring (bicyclic) bond motifs is 1. The van der Waals surface area contributed by atoms with E-state index in [4.69, 9.17) is 5.73 Å². The van der Waals surface area contributed by atoms with E-state index in [9.17, 15) is 0 Å². The van der Waals surface area contributed by atoms with Crippen molar-refractivity contribution in [3.63, 3.8) is 0 Å². The van der Waals surface area contributed by atoms with Gasteiger partial charge in [-0.2, -0.15) is 0 Å². The minimum absolute atomic E-state index is 0.801. The molecule has 0 atom stereocenters. The molecule has 1 aliphatic carbocycles. The maximum Gasteiger partial charge on any atom is 0.0618 e. The van der Waals surface area contributed by atoms with Crippen molar-refractivity contribution in [1.82, 2.24) is 0 Å². The van der Waals surface area contributed by atoms with Crippen LogP contribution in [0.5, 0.6) is 0 Å². The van der Waals surface area contributed by atoms with Crippen LogP contribution in [0, 0.1) is 6.92 Å². The second-order valence-corrected chi connectivity index (χ2v) is 5.05. The highest BCUT2D eigenvalue weighted by Gasteiger charge is 2.11. The average Bonchev–Trinajstić information content (AvgIpc) is 2.80. The van der Waals surface area contributed by atoms with Crippen LogP contribution in [0.15, 0.2) is 36.4 Å². The lowest BCUT2D eigenvalue weighted by molar-refractivity contribution is 0.912. The third kappa shape index (κ3) is 2.06. The Morgan fingerprint density at radius 2 is 1.83 bits per heavy atom. The molecule has 3 N–H and O–H groups in total. The molecule has 2 aromatic rings. The second-order valence-electron chi connectivity index (χ2n) is 5.05. The molecule has 2 nitrogen and oxygen atoms in total. The summed E-state index contributed by atoms with van der Waals surface area (Å²) < 4.78 is 0. The number of benzene rings is 2. The van der Waals surface area contributed by atoms with Crippen molar-refractivity contribution < 1.29 is 0 Å². The molecular formula is C16H18N2. The van der Waals surface area contributed by atoms with Gasteiger partial charge < -0.3 is 11.1 Å². The molecule has 18 heavy (non-hydrogen) atoms. The van der Waals surface area contributed by atoms with Gasteiger partial charge in [-0.05, 0) is 67.1 Å². The zero-order valence-electron chi connectivity index (χ0n) is 10.7. The Hall–Kier alpha value is -1.96. The first-order chi connectivity index (χ1) is 8.72. The number of aryl methyl sites for hydroxylation is 3. The van der Waals surface area contributed by atoms with Gasteiger partial charge >= 0.3 is 0 Å². The van der Waals surface area contributed by atoms with Gasteiger partial charge in [-0.1, -0.05) is 12.1 Å². The van der Waals surface area contributed by atoms with Crippen LogP contribution in [0.25, 0.3) is 0 Å². The van der Waals surface area contributed by atoms with E-state index in [1.165, 1.54) is 36.0 Å². The SMILES string of the molecule is Cc1ccc(Nc2ccc3c(c2)CCC3)c(N)c1. The van der Waals surface area contributed by atoms with Gasteiger partial charge in [0.1, 0.15) is 0 Å². The van der Waals surface area contributed by atoms with E-state index in [0.29, 0.717) is 0 Å². The standard InChI is InChI=1S/C16H18N2/c1-11-5-8-16(15(17)9-11)18-14-7-6-12-3-2-4-13(12)10-14/h5-10,18H,2-4,17H2,1H3. The van der Waals surface area contributed by atoms with Crippen molar-refractivity contribution in [3.8, 4) is 0 Å². The highest BCUT2D eigenvalue weighted by Crippen LogP contribution is 2.28. The van der Waals surface area contributed by atoms with Gasteiger partial charge in [0.15, 0.2) is 0 Å². The van der Waals surface area contributed by atoms with Crippen LogP contribution in [-0.4, -0.2) is 0 Å². The number of nitrogens with one attached hydrogen (secondary N) is 1. The molecule has 1 aliphatic rings. The minimum Gasteiger partial charge on any atom is -0.397 e. The van der Waals surface area contributed by atoms with Crippen LogP contribution in [0.1, 0.15) is 23.1 Å². The third-order valence-corrected chi connectivity index (χ3v) is 3.58. The molecule has 0 radical (unpaired) electrons. The van der Waals surface area contributed by atoms with Crippen molar-refractivity contribution in [2.24, 2.45) is 0 Å². The van der Waals surface area contributed by atoms with Gasteiger partial charge in [0.05, 0.1) is 11.4 Å². The van der Waals surface area contributed by atoms with Crippen LogP contribution in [0.2, 0.25) is 0 Å². The number of rotatable bonds is 2. The summed E-state index contributed by atoms with van der Waals surface area (Å²) >= 11 is 0. The first-order valence-corrected chi connectivity index (χ1v) is 6.47. The fraction of sp³-hybridized carbons (Fsp3) is 0.250. The van der Waals surface area contributed by atoms with E-state index in [1.807, 2.05) is 12.1 Å². The maximum atomic E-state index is 6.02. The number of hydrogen-bond acceptors (Lipinski definition) is 2. The predicted octanol–water partition coefficient (Wildman–Crippen LogP) is 3.81. The first kappa shape index (κ1) is 11.1. The van der Waals surface area contributed by atoms with E-state index < -0.39 is 0 Å². The van der Waals surface area contributed by atoms with E-state index in [-0.39, 0.29) is 0 Å². The first-order valence-electron chi connectivity index (χ1n) is 6.47. The van der Waals surface area contributed by atoms with Gasteiger partial charge in [-0.25, -0.2) is 0 Å². The average molecular weight is 238 g/mol. The summed E-state index contributed by atoms with van der Waals surface area (Å²) in [6.07, 6.45) is 3.71. The van der Waals surface area contributed by atoms with Crippen LogP contribution in [-0.2, 0) is 12.8 Å². The molecule has 2 heteroatoms. The summed E-state index contributed by atoms with van der Waals surface area (Å²) in [5.74, 6) is 0. The fourth-order valence-electron chi connectivity index (χ4n) is 2.60. The summed E-state index contributed by atoms with van der Waals surface area (Å²) in [6.45, 7) is 2.05. The lowest BCUT2D eigenvalue weighted by Crippen LogP contribution is -1.97. The zero-order valence-corrected chi connectivity index (χ0v) is 10.7. The van der Waals surface area contributed by atoms with E-state index in [2.05, 4.69) is 36.5 Å². The number of nitrogens with two attached hydrogens (primary N) is 1. The Kier molecular flexibility index (Phi) is 2.71. The summed E-state index contributed by atoms with van der Waals surface area (Å²) in [7, 11) is 0. The lowest BCUT2D eigenvalue weighted by Gasteiger charge is -2.11. The van der Waals surface area contributed by atoms with E-state index >= 15 is 0 Å². The van der Waals surface area contributed by atoms with Gasteiger partial charge in [-0.15, -0.1) is 0 Å². The Bertz CT molecular complexity index is 588. The smallest absolute Gasteiger partial charge is 0.0618 e. The highest BCUT2D eigenvalue weighted by atomic mass is 14.9. The van der Waals surface area contributed by atoms with Gasteiger partial charge in [0.2, 0.25) is 0 Å². The van der Waals surface area contributed by atoms with Crippen molar-refractivity contribution in [2.75, 3.05) is 11.1 Å². The summed E-state index contributed by atoms with van der Waals surface area (Å²) in [4.78, 5) is 0. The molecule has 0 bridgehead atoms. The van der Waals surface area contributed by atoms with Crippen LogP contribution < -0.4 is 11.1 Å². The van der Waals surface area contributed by atoms with E-state index in [0.717, 1.165) is 17.1 Å². The number of anilines is 3. The van der Waals surface area contributed by atoms with Crippen LogP contribution >= 0.6 is 0 Å². The molecule has 2 aromatic carbocycles. The molecular weight excluding hydrogens is 220 g/mol. The second kappa shape index (κ2) is 4.37. The summed E-state index contributed by atoms with van der Waals surface area (Å²) in [5, 5.41) is 3.40. The molecule has 0 heterocycles. The zero-order chi connectivity index (χ0) is 12.5. The van der Waals surface area contributed by atoms with Crippen molar-refractivity contribution in [2.45, 2.75) is 26.2 Å².